The molecule has 0 saturated heterocycles. The van der Waals surface area contributed by atoms with Crippen molar-refractivity contribution >= 4 is 10.6 Å². The third kappa shape index (κ3) is 16.0. The molecule has 3 aromatic carbocycles. The maximum atomic E-state index is 2.35. The van der Waals surface area contributed by atoms with Crippen LogP contribution in [0.25, 0.3) is 0 Å². The van der Waals surface area contributed by atoms with E-state index in [1.165, 1.54) is 49.7 Å². The van der Waals surface area contributed by atoms with Gasteiger partial charge in [0.2, 0.25) is 0 Å². The Hall–Kier alpha value is -0.400. The SMILES string of the molecule is CCCCc1cc[cH-]c1.CCCCc1cc[cH-]c1.C[Si](=[Zr+2])c1ccccc1.[Cl-].[Cl-]. The number of unbranched alkanes of at least 4 members (excludes halogenated alkanes) is 2. The number of aryl methyl sites for hydroxylation is 2. The zero-order valence-electron chi connectivity index (χ0n) is 18.0. The molecule has 0 atom stereocenters. The van der Waals surface area contributed by atoms with Crippen LogP contribution in [0.15, 0.2) is 78.9 Å². The second kappa shape index (κ2) is 20.9. The topological polar surface area (TPSA) is 0 Å². The van der Waals surface area contributed by atoms with Gasteiger partial charge >= 0.3 is 70.8 Å². The Morgan fingerprint density at radius 1 is 0.759 bits per heavy atom. The Kier molecular flexibility index (Phi) is 22.1. The molecule has 29 heavy (non-hydrogen) atoms. The van der Waals surface area contributed by atoms with Gasteiger partial charge in [0.15, 0.2) is 0 Å². The van der Waals surface area contributed by atoms with Crippen molar-refractivity contribution in [2.75, 3.05) is 0 Å². The molecular weight excluding hydrogens is 490 g/mol. The van der Waals surface area contributed by atoms with E-state index in [1.807, 2.05) is 0 Å². The van der Waals surface area contributed by atoms with Crippen molar-refractivity contribution in [3.05, 3.63) is 90.0 Å². The summed E-state index contributed by atoms with van der Waals surface area (Å²) in [6.07, 6.45) is 7.75. The maximum absolute atomic E-state index is 2.35. The van der Waals surface area contributed by atoms with Crippen molar-refractivity contribution in [3.63, 3.8) is 0 Å². The predicted molar refractivity (Wildman–Crippen MR) is 119 cm³/mol. The fraction of sp³-hybridized carbons (Fsp3) is 0.360. The first-order valence-electron chi connectivity index (χ1n) is 10.2. The van der Waals surface area contributed by atoms with Gasteiger partial charge in [0.25, 0.3) is 0 Å². The normalized spacial score (nSPS) is 9.00. The van der Waals surface area contributed by atoms with E-state index in [0.29, 0.717) is 0 Å². The Balaban J connectivity index is 0. The summed E-state index contributed by atoms with van der Waals surface area (Å²) < 4.78 is 0. The molecule has 0 heterocycles. The summed E-state index contributed by atoms with van der Waals surface area (Å²) in [5, 5.41) is 1.56. The van der Waals surface area contributed by atoms with E-state index in [-0.39, 0.29) is 30.2 Å². The number of rotatable bonds is 7. The molecule has 0 aliphatic heterocycles. The van der Waals surface area contributed by atoms with Crippen LogP contribution in [0.2, 0.25) is 6.55 Å². The van der Waals surface area contributed by atoms with Gasteiger partial charge in [0, 0.05) is 0 Å². The summed E-state index contributed by atoms with van der Waals surface area (Å²) in [5.74, 6) is 0. The van der Waals surface area contributed by atoms with E-state index < -0.39 is 0 Å². The quantitative estimate of drug-likeness (QED) is 0.313. The zero-order valence-corrected chi connectivity index (χ0v) is 23.0. The van der Waals surface area contributed by atoms with E-state index in [0.717, 1.165) is 0 Å². The summed E-state index contributed by atoms with van der Waals surface area (Å²) in [6, 6.07) is 27.9. The number of hydrogen-bond donors (Lipinski definition) is 0. The second-order valence-corrected chi connectivity index (χ2v) is 14.1. The third-order valence-electron chi connectivity index (χ3n) is 4.31. The molecule has 0 amide bonds. The average molecular weight is 525 g/mol. The van der Waals surface area contributed by atoms with Gasteiger partial charge < -0.3 is 24.8 Å². The van der Waals surface area contributed by atoms with Crippen LogP contribution >= 0.6 is 0 Å². The minimum atomic E-state index is -0.122. The third-order valence-corrected chi connectivity index (χ3v) is 7.64. The molecule has 0 aliphatic carbocycles. The van der Waals surface area contributed by atoms with E-state index in [4.69, 9.17) is 0 Å². The second-order valence-electron chi connectivity index (χ2n) is 6.78. The van der Waals surface area contributed by atoms with Gasteiger partial charge in [-0.3, -0.25) is 0 Å². The summed E-state index contributed by atoms with van der Waals surface area (Å²) >= 11 is 1.69. The van der Waals surface area contributed by atoms with E-state index in [2.05, 4.69) is 99.3 Å². The van der Waals surface area contributed by atoms with Crippen molar-refractivity contribution in [2.24, 2.45) is 0 Å². The molecule has 3 aromatic rings. The molecule has 0 spiro atoms. The van der Waals surface area contributed by atoms with E-state index >= 15 is 0 Å². The van der Waals surface area contributed by atoms with Gasteiger partial charge in [-0.25, -0.2) is 12.1 Å². The van der Waals surface area contributed by atoms with Crippen LogP contribution in [-0.4, -0.2) is 5.43 Å². The fourth-order valence-corrected chi connectivity index (χ4v) is 4.53. The first-order chi connectivity index (χ1) is 13.2. The molecule has 0 N–H and O–H groups in total. The molecule has 4 heteroatoms. The molecule has 0 nitrogen and oxygen atoms in total. The standard InChI is InChI=1S/2C9H13.C7H8Si.2ClH.Zr/c2*1-2-3-6-9-7-4-5-8-9;1-8-7-5-3-2-4-6-7;;;/h2*4-5,7-8H,2-3,6H2,1H3;2-6H,1H3;2*1H;/q2*-1;;;;+2/p-2. The van der Waals surface area contributed by atoms with Crippen LogP contribution in [0.1, 0.15) is 50.7 Å². The summed E-state index contributed by atoms with van der Waals surface area (Å²) in [5.41, 5.74) is 2.84. The van der Waals surface area contributed by atoms with Crippen LogP contribution in [-0.2, 0) is 36.2 Å². The largest absolute Gasteiger partial charge is 1.00 e. The van der Waals surface area contributed by atoms with Crippen LogP contribution in [0, 0.1) is 0 Å². The van der Waals surface area contributed by atoms with Gasteiger partial charge in [-0.05, 0) is 0 Å². The molecule has 158 valence electrons. The van der Waals surface area contributed by atoms with Crippen molar-refractivity contribution in [1.82, 2.24) is 0 Å². The van der Waals surface area contributed by atoms with Crippen molar-refractivity contribution in [1.29, 1.82) is 0 Å². The average Bonchev–Trinajstić information content (AvgIpc) is 3.40. The Morgan fingerprint density at radius 3 is 1.48 bits per heavy atom. The van der Waals surface area contributed by atoms with Gasteiger partial charge in [0.05, 0.1) is 0 Å². The van der Waals surface area contributed by atoms with Crippen molar-refractivity contribution < 1.29 is 48.1 Å². The molecule has 0 radical (unpaired) electrons. The number of hydrogen-bond acceptors (Lipinski definition) is 0. The number of benzene rings is 1. The molecule has 0 aromatic heterocycles. The summed E-state index contributed by atoms with van der Waals surface area (Å²) in [6.45, 7) is 6.80. The molecule has 0 saturated carbocycles. The van der Waals surface area contributed by atoms with Gasteiger partial charge in [-0.2, -0.15) is 47.5 Å². The van der Waals surface area contributed by atoms with Gasteiger partial charge in [-0.1, -0.05) is 52.4 Å². The van der Waals surface area contributed by atoms with Crippen LogP contribution in [0.3, 0.4) is 0 Å². The fourth-order valence-electron chi connectivity index (χ4n) is 2.61. The van der Waals surface area contributed by atoms with Gasteiger partial charge in [0.1, 0.15) is 0 Å². The summed E-state index contributed by atoms with van der Waals surface area (Å²) in [4.78, 5) is 0. The zero-order chi connectivity index (χ0) is 19.7. The molecule has 0 unspecified atom stereocenters. The Bertz CT molecular complexity index is 654. The van der Waals surface area contributed by atoms with E-state index in [9.17, 15) is 0 Å². The van der Waals surface area contributed by atoms with Crippen LogP contribution < -0.4 is 30.0 Å². The first-order valence-corrected chi connectivity index (χ1v) is 15.9. The Labute approximate surface area is 206 Å². The molecule has 0 aliphatic rings. The van der Waals surface area contributed by atoms with Crippen LogP contribution in [0.4, 0.5) is 0 Å². The first kappa shape index (κ1) is 30.8. The minimum absolute atomic E-state index is 0. The molecule has 3 rings (SSSR count). The van der Waals surface area contributed by atoms with Gasteiger partial charge in [-0.15, -0.1) is 0 Å². The smallest absolute Gasteiger partial charge is 1.00 e. The van der Waals surface area contributed by atoms with Crippen molar-refractivity contribution in [3.8, 4) is 0 Å². The van der Waals surface area contributed by atoms with Crippen molar-refractivity contribution in [2.45, 2.75) is 58.9 Å². The maximum Gasteiger partial charge on any atom is -1.00 e. The Morgan fingerprint density at radius 2 is 1.21 bits per heavy atom. The molecule has 0 bridgehead atoms. The van der Waals surface area contributed by atoms with Crippen LogP contribution in [0.5, 0.6) is 0 Å². The molecular formula is C25H34Cl2SiZr-2. The summed E-state index contributed by atoms with van der Waals surface area (Å²) in [7, 11) is 0. The monoisotopic (exact) mass is 522 g/mol. The number of halogens is 2. The minimum Gasteiger partial charge on any atom is -1.00 e. The molecule has 0 fully saturated rings. The van der Waals surface area contributed by atoms with E-state index in [1.54, 1.807) is 28.5 Å². The predicted octanol–water partition coefficient (Wildman–Crippen LogP) is 0.566.